The molecule has 164 valence electrons. The van der Waals surface area contributed by atoms with Crippen molar-refractivity contribution in [1.29, 1.82) is 0 Å². The van der Waals surface area contributed by atoms with E-state index in [4.69, 9.17) is 0 Å². The number of hydrogen-bond acceptors (Lipinski definition) is 6. The topological polar surface area (TPSA) is 108 Å². The molecule has 3 heterocycles. The molecule has 8 nitrogen and oxygen atoms in total. The van der Waals surface area contributed by atoms with Crippen molar-refractivity contribution in [2.24, 2.45) is 0 Å². The molecule has 1 amide bonds. The van der Waals surface area contributed by atoms with Gasteiger partial charge in [-0.3, -0.25) is 9.89 Å². The number of hydrogen-bond donors (Lipinski definition) is 2. The van der Waals surface area contributed by atoms with Crippen molar-refractivity contribution in [2.45, 2.75) is 43.2 Å². The summed E-state index contributed by atoms with van der Waals surface area (Å²) >= 11 is 1.15. The minimum absolute atomic E-state index is 0.0970. The summed E-state index contributed by atoms with van der Waals surface area (Å²) in [7, 11) is -3.46. The van der Waals surface area contributed by atoms with Crippen molar-refractivity contribution in [2.75, 3.05) is 18.4 Å². The number of benzene rings is 1. The minimum atomic E-state index is -3.46. The van der Waals surface area contributed by atoms with E-state index in [1.54, 1.807) is 18.2 Å². The van der Waals surface area contributed by atoms with Crippen molar-refractivity contribution >= 4 is 33.0 Å². The number of anilines is 1. The van der Waals surface area contributed by atoms with E-state index in [2.05, 4.69) is 20.5 Å². The van der Waals surface area contributed by atoms with E-state index in [-0.39, 0.29) is 18.2 Å². The Bertz CT molecular complexity index is 1180. The van der Waals surface area contributed by atoms with E-state index in [0.717, 1.165) is 35.6 Å². The monoisotopic (exact) mass is 459 g/mol. The highest BCUT2D eigenvalue weighted by Gasteiger charge is 2.28. The maximum atomic E-state index is 12.7. The van der Waals surface area contributed by atoms with Crippen LogP contribution in [-0.4, -0.2) is 46.9 Å². The summed E-state index contributed by atoms with van der Waals surface area (Å²) in [4.78, 5) is 17.9. The van der Waals surface area contributed by atoms with Crippen molar-refractivity contribution in [3.63, 3.8) is 0 Å². The quantitative estimate of drug-likeness (QED) is 0.561. The molecule has 1 aliphatic heterocycles. The molecule has 0 saturated carbocycles. The summed E-state index contributed by atoms with van der Waals surface area (Å²) in [6.07, 6.45) is 1.88. The molecule has 0 aliphatic carbocycles. The summed E-state index contributed by atoms with van der Waals surface area (Å²) < 4.78 is 27.2. The van der Waals surface area contributed by atoms with E-state index in [1.165, 1.54) is 4.31 Å². The smallest absolute Gasteiger partial charge is 0.252 e. The molecule has 0 unspecified atom stereocenters. The Labute approximate surface area is 185 Å². The second kappa shape index (κ2) is 8.89. The molecule has 31 heavy (non-hydrogen) atoms. The number of sulfonamides is 1. The van der Waals surface area contributed by atoms with E-state index in [9.17, 15) is 13.2 Å². The van der Waals surface area contributed by atoms with Crippen LogP contribution >= 0.6 is 11.3 Å². The number of thiophene rings is 1. The zero-order valence-electron chi connectivity index (χ0n) is 17.5. The van der Waals surface area contributed by atoms with Crippen molar-refractivity contribution < 1.29 is 13.2 Å². The standard InChI is InChI=1S/C21H25N5O3S2/c1-14(2)20-23-21(25-24-20)16-7-3-4-8-17(16)22-18(27)13-15-9-10-19(30-15)31(28,29)26-11-5-6-12-26/h3-4,7-10,14H,5-6,11-13H2,1-2H3,(H,22,27)(H,23,24,25). The van der Waals surface area contributed by atoms with Crippen LogP contribution in [0.1, 0.15) is 43.3 Å². The number of H-pyrrole nitrogens is 1. The largest absolute Gasteiger partial charge is 0.325 e. The highest BCUT2D eigenvalue weighted by atomic mass is 32.2. The van der Waals surface area contributed by atoms with Gasteiger partial charge in [0.15, 0.2) is 5.82 Å². The predicted octanol–water partition coefficient (Wildman–Crippen LogP) is 3.62. The van der Waals surface area contributed by atoms with Gasteiger partial charge in [0.05, 0.1) is 12.1 Å². The van der Waals surface area contributed by atoms with Gasteiger partial charge < -0.3 is 5.32 Å². The van der Waals surface area contributed by atoms with Crippen LogP contribution in [0.2, 0.25) is 0 Å². The van der Waals surface area contributed by atoms with Gasteiger partial charge in [-0.25, -0.2) is 13.4 Å². The first kappa shape index (κ1) is 21.7. The molecule has 2 aromatic heterocycles. The van der Waals surface area contributed by atoms with E-state index in [0.29, 0.717) is 33.7 Å². The van der Waals surface area contributed by atoms with Gasteiger partial charge in [-0.05, 0) is 37.1 Å². The Kier molecular flexibility index (Phi) is 6.22. The van der Waals surface area contributed by atoms with Crippen LogP contribution < -0.4 is 5.32 Å². The first-order valence-electron chi connectivity index (χ1n) is 10.2. The van der Waals surface area contributed by atoms with E-state index < -0.39 is 10.0 Å². The summed E-state index contributed by atoms with van der Waals surface area (Å²) in [5, 5.41) is 10.1. The summed E-state index contributed by atoms with van der Waals surface area (Å²) in [6, 6.07) is 10.7. The molecular formula is C21H25N5O3S2. The van der Waals surface area contributed by atoms with Crippen molar-refractivity contribution in [1.82, 2.24) is 19.5 Å². The lowest BCUT2D eigenvalue weighted by Crippen LogP contribution is -2.27. The normalized spacial score (nSPS) is 14.9. The Balaban J connectivity index is 1.47. The molecule has 1 aromatic carbocycles. The number of aromatic nitrogens is 3. The highest BCUT2D eigenvalue weighted by Crippen LogP contribution is 2.29. The Morgan fingerprint density at radius 3 is 2.65 bits per heavy atom. The van der Waals surface area contributed by atoms with Crippen LogP contribution in [0.25, 0.3) is 11.4 Å². The third-order valence-electron chi connectivity index (χ3n) is 5.12. The lowest BCUT2D eigenvalue weighted by Gasteiger charge is -2.13. The van der Waals surface area contributed by atoms with Crippen LogP contribution in [0, 0.1) is 0 Å². The van der Waals surface area contributed by atoms with Gasteiger partial charge in [-0.15, -0.1) is 11.3 Å². The van der Waals surface area contributed by atoms with Crippen LogP contribution in [0.5, 0.6) is 0 Å². The molecule has 2 N–H and O–H groups in total. The van der Waals surface area contributed by atoms with Crippen LogP contribution in [0.3, 0.4) is 0 Å². The highest BCUT2D eigenvalue weighted by molar-refractivity contribution is 7.91. The van der Waals surface area contributed by atoms with Gasteiger partial charge >= 0.3 is 0 Å². The fraction of sp³-hybridized carbons (Fsp3) is 0.381. The fourth-order valence-electron chi connectivity index (χ4n) is 3.44. The predicted molar refractivity (Wildman–Crippen MR) is 121 cm³/mol. The van der Waals surface area contributed by atoms with Gasteiger partial charge in [0.25, 0.3) is 10.0 Å². The SMILES string of the molecule is CC(C)c1nc(-c2ccccc2NC(=O)Cc2ccc(S(=O)(=O)N3CCCC3)s2)n[nH]1. The Morgan fingerprint density at radius 1 is 1.19 bits per heavy atom. The minimum Gasteiger partial charge on any atom is -0.325 e. The molecule has 10 heteroatoms. The van der Waals surface area contributed by atoms with Gasteiger partial charge in [-0.2, -0.15) is 9.40 Å². The lowest BCUT2D eigenvalue weighted by molar-refractivity contribution is -0.115. The summed E-state index contributed by atoms with van der Waals surface area (Å²) in [5.41, 5.74) is 1.34. The van der Waals surface area contributed by atoms with Gasteiger partial charge in [0, 0.05) is 29.4 Å². The number of amides is 1. The van der Waals surface area contributed by atoms with Crippen LogP contribution in [-0.2, 0) is 21.2 Å². The summed E-state index contributed by atoms with van der Waals surface area (Å²) in [6.45, 7) is 5.17. The second-order valence-corrected chi connectivity index (χ2v) is 11.1. The first-order valence-corrected chi connectivity index (χ1v) is 12.5. The number of carbonyl (C=O) groups excluding carboxylic acids is 1. The molecule has 0 bridgehead atoms. The van der Waals surface area contributed by atoms with Crippen molar-refractivity contribution in [3.8, 4) is 11.4 Å². The number of aromatic amines is 1. The third kappa shape index (κ3) is 4.70. The molecular weight excluding hydrogens is 434 g/mol. The number of rotatable bonds is 7. The van der Waals surface area contributed by atoms with E-state index in [1.807, 2.05) is 32.0 Å². The molecule has 4 rings (SSSR count). The van der Waals surface area contributed by atoms with Gasteiger partial charge in [0.2, 0.25) is 5.91 Å². The van der Waals surface area contributed by atoms with Crippen LogP contribution in [0.4, 0.5) is 5.69 Å². The van der Waals surface area contributed by atoms with Crippen molar-refractivity contribution in [3.05, 3.63) is 47.1 Å². The second-order valence-electron chi connectivity index (χ2n) is 7.80. The molecule has 0 atom stereocenters. The average molecular weight is 460 g/mol. The molecule has 1 aliphatic rings. The average Bonchev–Trinajstić information content (AvgIpc) is 3.49. The third-order valence-corrected chi connectivity index (χ3v) is 8.57. The molecule has 0 spiro atoms. The number of para-hydroxylation sites is 1. The number of carbonyl (C=O) groups is 1. The molecule has 3 aromatic rings. The van der Waals surface area contributed by atoms with Crippen LogP contribution in [0.15, 0.2) is 40.6 Å². The molecule has 1 fully saturated rings. The Morgan fingerprint density at radius 2 is 1.94 bits per heavy atom. The van der Waals surface area contributed by atoms with E-state index >= 15 is 0 Å². The number of nitrogens with one attached hydrogen (secondary N) is 2. The summed E-state index contributed by atoms with van der Waals surface area (Å²) in [5.74, 6) is 1.29. The molecule has 1 saturated heterocycles. The number of nitrogens with zero attached hydrogens (tertiary/aromatic N) is 3. The first-order chi connectivity index (χ1) is 14.8. The fourth-order valence-corrected chi connectivity index (χ4v) is 6.47. The zero-order chi connectivity index (χ0) is 22.0. The van der Waals surface area contributed by atoms with Gasteiger partial charge in [0.1, 0.15) is 10.0 Å². The lowest BCUT2D eigenvalue weighted by atomic mass is 10.1. The maximum absolute atomic E-state index is 12.7. The molecule has 0 radical (unpaired) electrons. The maximum Gasteiger partial charge on any atom is 0.252 e. The zero-order valence-corrected chi connectivity index (χ0v) is 19.1. The van der Waals surface area contributed by atoms with Gasteiger partial charge in [-0.1, -0.05) is 26.0 Å². The Hall–Kier alpha value is -2.56.